The van der Waals surface area contributed by atoms with Crippen LogP contribution in [0.25, 0.3) is 0 Å². The first-order valence-corrected chi connectivity index (χ1v) is 4.07. The van der Waals surface area contributed by atoms with E-state index < -0.39 is 11.0 Å². The summed E-state index contributed by atoms with van der Waals surface area (Å²) in [5, 5.41) is 3.83. The lowest BCUT2D eigenvalue weighted by atomic mass is 10.4. The highest BCUT2D eigenvalue weighted by atomic mass is 32.2. The molecule has 1 aromatic rings. The van der Waals surface area contributed by atoms with Crippen molar-refractivity contribution in [3.63, 3.8) is 0 Å². The van der Waals surface area contributed by atoms with Crippen LogP contribution in [0.4, 0.5) is 0 Å². The first kappa shape index (κ1) is 6.48. The molecule has 0 aliphatic heterocycles. The fourth-order valence-corrected chi connectivity index (χ4v) is 1.02. The maximum atomic E-state index is 10.7. The summed E-state index contributed by atoms with van der Waals surface area (Å²) >= 11 is 0. The highest BCUT2D eigenvalue weighted by Crippen LogP contribution is 1.93. The Morgan fingerprint density at radius 1 is 1.78 bits per heavy atom. The van der Waals surface area contributed by atoms with Crippen LogP contribution in [0, 0.1) is 6.92 Å². The zero-order chi connectivity index (χ0) is 6.85. The molecule has 0 fully saturated rings. The summed E-state index contributed by atoms with van der Waals surface area (Å²) in [4.78, 5) is 0. The largest absolute Gasteiger partial charge is 0.235 e. The van der Waals surface area contributed by atoms with Gasteiger partial charge in [0.25, 0.3) is 0 Å². The van der Waals surface area contributed by atoms with Crippen molar-refractivity contribution >= 4 is 11.0 Å². The zero-order valence-corrected chi connectivity index (χ0v) is 6.18. The van der Waals surface area contributed by atoms with Crippen LogP contribution >= 0.6 is 0 Å². The van der Waals surface area contributed by atoms with Gasteiger partial charge in [-0.25, -0.2) is 4.21 Å². The van der Waals surface area contributed by atoms with E-state index in [9.17, 15) is 4.21 Å². The number of nitrogens with zero attached hydrogens (tertiary/aromatic N) is 2. The Balaban J connectivity index is 2.98. The molecule has 50 valence electrons. The van der Waals surface area contributed by atoms with Crippen molar-refractivity contribution in [1.29, 1.82) is 0 Å². The van der Waals surface area contributed by atoms with E-state index in [4.69, 9.17) is 0 Å². The van der Waals surface area contributed by atoms with Gasteiger partial charge >= 0.3 is 0 Å². The molecule has 0 amide bonds. The third-order valence-electron chi connectivity index (χ3n) is 0.953. The van der Waals surface area contributed by atoms with Gasteiger partial charge in [-0.2, -0.15) is 9.19 Å². The average Bonchev–Trinajstić information content (AvgIpc) is 2.14. The number of rotatable bonds is 1. The Labute approximate surface area is 56.3 Å². The van der Waals surface area contributed by atoms with Gasteiger partial charge in [0.15, 0.2) is 0 Å². The molecule has 1 aromatic heterocycles. The quantitative estimate of drug-likeness (QED) is 0.569. The van der Waals surface area contributed by atoms with Crippen LogP contribution in [-0.4, -0.2) is 19.7 Å². The van der Waals surface area contributed by atoms with E-state index in [1.165, 1.54) is 4.09 Å². The summed E-state index contributed by atoms with van der Waals surface area (Å²) in [6.45, 7) is 1.91. The van der Waals surface area contributed by atoms with E-state index in [1.54, 1.807) is 18.6 Å². The van der Waals surface area contributed by atoms with Gasteiger partial charge in [0.05, 0.1) is 6.20 Å². The zero-order valence-electron chi connectivity index (χ0n) is 5.37. The van der Waals surface area contributed by atoms with Gasteiger partial charge in [-0.05, 0) is 12.5 Å². The summed E-state index contributed by atoms with van der Waals surface area (Å²) in [6, 6.07) is 0. The highest BCUT2D eigenvalue weighted by molar-refractivity contribution is 7.82. The summed E-state index contributed by atoms with van der Waals surface area (Å²) in [5.74, 6) is 0. The van der Waals surface area contributed by atoms with E-state index in [2.05, 4.69) is 5.10 Å². The van der Waals surface area contributed by atoms with E-state index in [0.717, 1.165) is 5.56 Å². The molecule has 0 aromatic carbocycles. The SMILES string of the molecule is Cc1cnn(S(C)=O)c1. The van der Waals surface area contributed by atoms with Gasteiger partial charge in [0.1, 0.15) is 11.0 Å². The van der Waals surface area contributed by atoms with Gasteiger partial charge in [-0.1, -0.05) is 0 Å². The lowest BCUT2D eigenvalue weighted by Gasteiger charge is -1.89. The molecular weight excluding hydrogens is 136 g/mol. The standard InChI is InChI=1S/C5H8N2OS/c1-5-3-6-7(4-5)9(2)8/h3-4H,1-2H3. The van der Waals surface area contributed by atoms with Gasteiger partial charge in [0.2, 0.25) is 0 Å². The normalized spacial score (nSPS) is 13.6. The first-order valence-electron chi connectivity index (χ1n) is 2.55. The van der Waals surface area contributed by atoms with Crippen molar-refractivity contribution in [3.8, 4) is 0 Å². The van der Waals surface area contributed by atoms with Crippen LogP contribution in [0.2, 0.25) is 0 Å². The maximum absolute atomic E-state index is 10.7. The molecule has 1 unspecified atom stereocenters. The number of aryl methyl sites for hydroxylation is 1. The minimum Gasteiger partial charge on any atom is -0.235 e. The second kappa shape index (κ2) is 2.31. The van der Waals surface area contributed by atoms with Gasteiger partial charge in [0, 0.05) is 12.5 Å². The molecule has 3 nitrogen and oxygen atoms in total. The topological polar surface area (TPSA) is 34.9 Å². The van der Waals surface area contributed by atoms with Gasteiger partial charge in [-0.3, -0.25) is 0 Å². The summed E-state index contributed by atoms with van der Waals surface area (Å²) in [7, 11) is -1.00. The molecule has 0 bridgehead atoms. The van der Waals surface area contributed by atoms with Crippen LogP contribution in [0.15, 0.2) is 12.4 Å². The molecular formula is C5H8N2OS. The monoisotopic (exact) mass is 144 g/mol. The van der Waals surface area contributed by atoms with E-state index in [-0.39, 0.29) is 0 Å². The third-order valence-corrected chi connectivity index (χ3v) is 1.68. The minimum absolute atomic E-state index is 1.00. The molecule has 0 saturated carbocycles. The first-order chi connectivity index (χ1) is 4.20. The van der Waals surface area contributed by atoms with Crippen LogP contribution in [0.5, 0.6) is 0 Å². The van der Waals surface area contributed by atoms with Crippen LogP contribution in [-0.2, 0) is 11.0 Å². The van der Waals surface area contributed by atoms with Gasteiger partial charge in [-0.15, -0.1) is 0 Å². The molecule has 4 heteroatoms. The summed E-state index contributed by atoms with van der Waals surface area (Å²) < 4.78 is 12.1. The summed E-state index contributed by atoms with van der Waals surface area (Å²) in [6.07, 6.45) is 5.02. The number of hydrogen-bond acceptors (Lipinski definition) is 2. The molecule has 0 aliphatic carbocycles. The smallest absolute Gasteiger partial charge is 0.136 e. The van der Waals surface area contributed by atoms with Crippen molar-refractivity contribution in [3.05, 3.63) is 18.0 Å². The molecule has 1 heterocycles. The predicted molar refractivity (Wildman–Crippen MR) is 36.4 cm³/mol. The molecule has 1 atom stereocenters. The Morgan fingerprint density at radius 2 is 2.44 bits per heavy atom. The molecule has 9 heavy (non-hydrogen) atoms. The number of hydrogen-bond donors (Lipinski definition) is 0. The van der Waals surface area contributed by atoms with Crippen molar-refractivity contribution in [2.45, 2.75) is 6.92 Å². The van der Waals surface area contributed by atoms with E-state index >= 15 is 0 Å². The Morgan fingerprint density at radius 3 is 2.67 bits per heavy atom. The van der Waals surface area contributed by atoms with Crippen LogP contribution in [0.1, 0.15) is 5.56 Å². The molecule has 0 N–H and O–H groups in total. The average molecular weight is 144 g/mol. The third kappa shape index (κ3) is 1.38. The highest BCUT2D eigenvalue weighted by Gasteiger charge is 1.93. The fourth-order valence-electron chi connectivity index (χ4n) is 0.529. The molecule has 0 radical (unpaired) electrons. The van der Waals surface area contributed by atoms with Crippen LogP contribution < -0.4 is 0 Å². The van der Waals surface area contributed by atoms with Crippen molar-refractivity contribution in [2.75, 3.05) is 6.26 Å². The van der Waals surface area contributed by atoms with Gasteiger partial charge < -0.3 is 0 Å². The molecule has 0 saturated heterocycles. The molecule has 1 rings (SSSR count). The van der Waals surface area contributed by atoms with Crippen molar-refractivity contribution in [2.24, 2.45) is 0 Å². The van der Waals surface area contributed by atoms with E-state index in [1.807, 2.05) is 6.92 Å². The van der Waals surface area contributed by atoms with E-state index in [0.29, 0.717) is 0 Å². The summed E-state index contributed by atoms with van der Waals surface area (Å²) in [5.41, 5.74) is 1.03. The van der Waals surface area contributed by atoms with Crippen molar-refractivity contribution in [1.82, 2.24) is 9.19 Å². The van der Waals surface area contributed by atoms with Crippen molar-refractivity contribution < 1.29 is 4.21 Å². The number of aromatic nitrogens is 2. The lowest BCUT2D eigenvalue weighted by molar-refractivity contribution is 0.675. The minimum atomic E-state index is -1.00. The second-order valence-corrected chi connectivity index (χ2v) is 3.07. The maximum Gasteiger partial charge on any atom is 0.136 e. The predicted octanol–water partition coefficient (Wildman–Crippen LogP) is 0.333. The molecule has 0 aliphatic rings. The lowest BCUT2D eigenvalue weighted by Crippen LogP contribution is -2.00. The Hall–Kier alpha value is -0.640. The Bertz CT molecular complexity index is 231. The van der Waals surface area contributed by atoms with Crippen LogP contribution in [0.3, 0.4) is 0 Å². The fraction of sp³-hybridized carbons (Fsp3) is 0.400. The second-order valence-electron chi connectivity index (χ2n) is 1.84. The molecule has 0 spiro atoms. The Kier molecular flexibility index (Phi) is 1.66.